The van der Waals surface area contributed by atoms with Gasteiger partial charge in [-0.3, -0.25) is 9.69 Å². The monoisotopic (exact) mass is 492 g/mol. The van der Waals surface area contributed by atoms with Gasteiger partial charge in [-0.05, 0) is 61.9 Å². The summed E-state index contributed by atoms with van der Waals surface area (Å²) in [5, 5.41) is 5.81. The summed E-state index contributed by atoms with van der Waals surface area (Å²) in [7, 11) is 0. The molecule has 0 radical (unpaired) electrons. The first kappa shape index (κ1) is 24.4. The number of fused-ring (bicyclic) bond motifs is 1. The number of primary amides is 1. The van der Waals surface area contributed by atoms with Crippen molar-refractivity contribution < 1.29 is 4.79 Å². The number of allylic oxidation sites excluding steroid dienone is 1. The number of hydrogen-bond acceptors (Lipinski definition) is 7. The molecule has 0 bridgehead atoms. The van der Waals surface area contributed by atoms with Gasteiger partial charge in [-0.1, -0.05) is 41.9 Å². The van der Waals surface area contributed by atoms with Crippen LogP contribution in [-0.2, 0) is 4.79 Å². The summed E-state index contributed by atoms with van der Waals surface area (Å²) < 4.78 is 0. The molecule has 1 aromatic heterocycles. The van der Waals surface area contributed by atoms with E-state index < -0.39 is 0 Å². The summed E-state index contributed by atoms with van der Waals surface area (Å²) in [5.74, 6) is 0.937. The minimum absolute atomic E-state index is 0.202. The Morgan fingerprint density at radius 2 is 1.89 bits per heavy atom. The van der Waals surface area contributed by atoms with E-state index in [1.807, 2.05) is 18.2 Å². The van der Waals surface area contributed by atoms with E-state index in [-0.39, 0.29) is 22.6 Å². The Hall–Kier alpha value is -3.69. The lowest BCUT2D eigenvalue weighted by Gasteiger charge is -2.32. The molecule has 7 N–H and O–H groups in total. The molecule has 0 atom stereocenters. The maximum absolute atomic E-state index is 11.3. The molecule has 2 aromatic carbocycles. The number of piperidine rings is 1. The summed E-state index contributed by atoms with van der Waals surface area (Å²) in [6.45, 7) is 3.74. The zero-order chi connectivity index (χ0) is 24.9. The summed E-state index contributed by atoms with van der Waals surface area (Å²) >= 11 is 6.22. The third-order valence-electron chi connectivity index (χ3n) is 5.95. The van der Waals surface area contributed by atoms with E-state index in [0.29, 0.717) is 24.1 Å². The van der Waals surface area contributed by atoms with Crippen molar-refractivity contribution in [2.45, 2.75) is 25.7 Å². The lowest BCUT2D eigenvalue weighted by atomic mass is 9.86. The van der Waals surface area contributed by atoms with Gasteiger partial charge in [0, 0.05) is 16.8 Å². The van der Waals surface area contributed by atoms with E-state index >= 15 is 0 Å². The summed E-state index contributed by atoms with van der Waals surface area (Å²) in [5.41, 5.74) is 19.6. The van der Waals surface area contributed by atoms with Gasteiger partial charge in [0.1, 0.15) is 10.9 Å². The van der Waals surface area contributed by atoms with Gasteiger partial charge in [-0.2, -0.15) is 4.98 Å². The van der Waals surface area contributed by atoms with Crippen molar-refractivity contribution in [3.63, 3.8) is 0 Å². The number of aromatic nitrogens is 2. The highest BCUT2D eigenvalue weighted by atomic mass is 35.5. The van der Waals surface area contributed by atoms with Crippen molar-refractivity contribution >= 4 is 51.6 Å². The second-order valence-electron chi connectivity index (χ2n) is 8.68. The molecule has 0 unspecified atom stereocenters. The molecule has 1 saturated heterocycles. The third kappa shape index (κ3) is 6.06. The van der Waals surface area contributed by atoms with Gasteiger partial charge in [0.25, 0.3) is 0 Å². The number of hydrogen-bond donors (Lipinski definition) is 4. The molecular formula is C25H29ClN8O. The maximum atomic E-state index is 11.3. The fourth-order valence-electron chi connectivity index (χ4n) is 4.41. The molecular weight excluding hydrogens is 464 g/mol. The number of rotatable bonds is 7. The molecule has 1 fully saturated rings. The number of nitrogens with two attached hydrogens (primary N) is 3. The lowest BCUT2D eigenvalue weighted by Crippen LogP contribution is -2.39. The molecule has 3 aromatic rings. The van der Waals surface area contributed by atoms with Crippen LogP contribution < -0.4 is 22.5 Å². The Morgan fingerprint density at radius 3 is 2.57 bits per heavy atom. The smallest absolute Gasteiger partial charge is 0.231 e. The average Bonchev–Trinajstić information content (AvgIpc) is 2.81. The van der Waals surface area contributed by atoms with Crippen LogP contribution in [0.4, 0.5) is 17.5 Å². The molecule has 182 valence electrons. The lowest BCUT2D eigenvalue weighted by molar-refractivity contribution is -0.119. The zero-order valence-corrected chi connectivity index (χ0v) is 20.3. The molecule has 35 heavy (non-hydrogen) atoms. The first-order valence-corrected chi connectivity index (χ1v) is 11.8. The highest BCUT2D eigenvalue weighted by molar-refractivity contribution is 6.32. The molecule has 4 rings (SSSR count). The van der Waals surface area contributed by atoms with Crippen LogP contribution in [0.2, 0.25) is 5.02 Å². The molecule has 1 aliphatic heterocycles. The standard InChI is InChI=1S/C25H29ClN8O/c1-15(27)12-22(28)32-24-20(26)13-30-25(33-24)31-21-7-6-17(18-4-2-3-5-19(18)21)16-8-10-34(11-9-16)14-23(29)35/h2-7,12-13,16H,8-11,14,27H2,1H3,(H2,29,35)(H3,28,30,31,32,33)/b15-12-. The highest BCUT2D eigenvalue weighted by Gasteiger charge is 2.23. The molecule has 2 heterocycles. The Labute approximate surface area is 209 Å². The number of anilines is 2. The molecule has 1 amide bonds. The summed E-state index contributed by atoms with van der Waals surface area (Å²) in [6.07, 6.45) is 4.97. The van der Waals surface area contributed by atoms with Crippen LogP contribution in [0.5, 0.6) is 0 Å². The number of amidine groups is 1. The SMILES string of the molecule is C/C(N)=C/C(N)=Nc1nc(Nc2ccc(C3CCN(CC(N)=O)CC3)c3ccccc23)ncc1Cl. The number of carbonyl (C=O) groups excluding carboxylic acids is 1. The van der Waals surface area contributed by atoms with Crippen LogP contribution in [0.3, 0.4) is 0 Å². The first-order valence-electron chi connectivity index (χ1n) is 11.4. The van der Waals surface area contributed by atoms with Crippen molar-refractivity contribution in [2.75, 3.05) is 25.0 Å². The Balaban J connectivity index is 1.60. The molecule has 0 spiro atoms. The molecule has 10 heteroatoms. The first-order chi connectivity index (χ1) is 16.8. The number of carbonyl (C=O) groups is 1. The van der Waals surface area contributed by atoms with Gasteiger partial charge < -0.3 is 22.5 Å². The van der Waals surface area contributed by atoms with Crippen LogP contribution >= 0.6 is 11.6 Å². The van der Waals surface area contributed by atoms with E-state index in [0.717, 1.165) is 37.0 Å². The number of aliphatic imine (C=N–C) groups is 1. The second-order valence-corrected chi connectivity index (χ2v) is 9.09. The molecule has 9 nitrogen and oxygen atoms in total. The van der Waals surface area contributed by atoms with Crippen LogP contribution in [-0.4, -0.2) is 46.2 Å². The summed E-state index contributed by atoms with van der Waals surface area (Å²) in [4.78, 5) is 26.3. The van der Waals surface area contributed by atoms with E-state index in [1.165, 1.54) is 23.2 Å². The number of nitrogens with one attached hydrogen (secondary N) is 1. The van der Waals surface area contributed by atoms with Crippen molar-refractivity contribution in [1.29, 1.82) is 0 Å². The van der Waals surface area contributed by atoms with Gasteiger partial charge in [-0.15, -0.1) is 0 Å². The van der Waals surface area contributed by atoms with Gasteiger partial charge in [0.15, 0.2) is 5.82 Å². The quantitative estimate of drug-likeness (QED) is 0.291. The fraction of sp³-hybridized carbons (Fsp3) is 0.280. The normalized spacial score (nSPS) is 15.9. The Bertz CT molecular complexity index is 1290. The highest BCUT2D eigenvalue weighted by Crippen LogP contribution is 2.37. The predicted molar refractivity (Wildman–Crippen MR) is 141 cm³/mol. The maximum Gasteiger partial charge on any atom is 0.231 e. The molecule has 0 saturated carbocycles. The number of likely N-dealkylation sites (tertiary alicyclic amines) is 1. The van der Waals surface area contributed by atoms with Gasteiger partial charge in [0.2, 0.25) is 11.9 Å². The van der Waals surface area contributed by atoms with Crippen LogP contribution in [0.1, 0.15) is 31.2 Å². The van der Waals surface area contributed by atoms with Crippen LogP contribution in [0.25, 0.3) is 10.8 Å². The van der Waals surface area contributed by atoms with E-state index in [2.05, 4.69) is 43.4 Å². The number of halogens is 1. The minimum atomic E-state index is -0.281. The van der Waals surface area contributed by atoms with Gasteiger partial charge >= 0.3 is 0 Å². The number of amides is 1. The fourth-order valence-corrected chi connectivity index (χ4v) is 4.55. The summed E-state index contributed by atoms with van der Waals surface area (Å²) in [6, 6.07) is 12.5. The van der Waals surface area contributed by atoms with Crippen LogP contribution in [0.15, 0.2) is 59.4 Å². The number of benzene rings is 2. The largest absolute Gasteiger partial charge is 0.402 e. The predicted octanol–water partition coefficient (Wildman–Crippen LogP) is 3.54. The van der Waals surface area contributed by atoms with Crippen molar-refractivity contribution in [1.82, 2.24) is 14.9 Å². The average molecular weight is 493 g/mol. The van der Waals surface area contributed by atoms with Crippen molar-refractivity contribution in [2.24, 2.45) is 22.2 Å². The minimum Gasteiger partial charge on any atom is -0.402 e. The second kappa shape index (κ2) is 10.7. The van der Waals surface area contributed by atoms with E-state index in [1.54, 1.807) is 6.92 Å². The molecule has 0 aliphatic carbocycles. The van der Waals surface area contributed by atoms with Crippen molar-refractivity contribution in [3.05, 3.63) is 65.0 Å². The Morgan fingerprint density at radius 1 is 1.17 bits per heavy atom. The van der Waals surface area contributed by atoms with Gasteiger partial charge in [-0.25, -0.2) is 9.98 Å². The Kier molecular flexibility index (Phi) is 7.48. The molecule has 1 aliphatic rings. The van der Waals surface area contributed by atoms with Gasteiger partial charge in [0.05, 0.1) is 12.7 Å². The topological polar surface area (TPSA) is 149 Å². The van der Waals surface area contributed by atoms with Crippen molar-refractivity contribution in [3.8, 4) is 0 Å². The third-order valence-corrected chi connectivity index (χ3v) is 6.21. The van der Waals surface area contributed by atoms with Crippen LogP contribution in [0, 0.1) is 0 Å². The number of nitrogens with zero attached hydrogens (tertiary/aromatic N) is 4. The zero-order valence-electron chi connectivity index (χ0n) is 19.5. The van der Waals surface area contributed by atoms with E-state index in [9.17, 15) is 4.79 Å². The van der Waals surface area contributed by atoms with E-state index in [4.69, 9.17) is 28.8 Å².